The van der Waals surface area contributed by atoms with E-state index in [9.17, 15) is 4.79 Å². The maximum Gasteiger partial charge on any atom is 0.303 e. The number of aromatic nitrogens is 1. The Bertz CT molecular complexity index is 225. The van der Waals surface area contributed by atoms with Crippen LogP contribution in [0, 0.1) is 0 Å². The Morgan fingerprint density at radius 1 is 1.14 bits per heavy atom. The summed E-state index contributed by atoms with van der Waals surface area (Å²) in [6.07, 6.45) is 3.50. The SMILES string of the molecule is CC(=O)OC(C)(C)C.c1ccncc1. The Kier molecular flexibility index (Phi) is 5.53. The first kappa shape index (κ1) is 12.6. The zero-order valence-corrected chi connectivity index (χ0v) is 9.15. The molecule has 0 amide bonds. The van der Waals surface area contributed by atoms with Crippen molar-refractivity contribution in [3.63, 3.8) is 0 Å². The van der Waals surface area contributed by atoms with Gasteiger partial charge in [-0.2, -0.15) is 0 Å². The fourth-order valence-electron chi connectivity index (χ4n) is 0.744. The van der Waals surface area contributed by atoms with Crippen LogP contribution < -0.4 is 0 Å². The highest BCUT2D eigenvalue weighted by Gasteiger charge is 2.11. The molecule has 0 saturated carbocycles. The maximum atomic E-state index is 10.2. The summed E-state index contributed by atoms with van der Waals surface area (Å²) in [5.41, 5.74) is -0.328. The summed E-state index contributed by atoms with van der Waals surface area (Å²) in [6.45, 7) is 6.93. The number of nitrogens with zero attached hydrogens (tertiary/aromatic N) is 1. The number of hydrogen-bond acceptors (Lipinski definition) is 3. The summed E-state index contributed by atoms with van der Waals surface area (Å²) in [6, 6.07) is 5.72. The molecule has 1 aromatic rings. The summed E-state index contributed by atoms with van der Waals surface area (Å²) < 4.78 is 4.80. The number of esters is 1. The van der Waals surface area contributed by atoms with Crippen LogP contribution in [0.1, 0.15) is 27.7 Å². The fraction of sp³-hybridized carbons (Fsp3) is 0.455. The topological polar surface area (TPSA) is 39.2 Å². The van der Waals surface area contributed by atoms with E-state index in [-0.39, 0.29) is 11.6 Å². The van der Waals surface area contributed by atoms with Crippen LogP contribution in [0.4, 0.5) is 0 Å². The molecule has 0 aliphatic rings. The normalized spacial score (nSPS) is 9.71. The van der Waals surface area contributed by atoms with Gasteiger partial charge in [0, 0.05) is 19.3 Å². The van der Waals surface area contributed by atoms with Gasteiger partial charge in [-0.3, -0.25) is 9.78 Å². The van der Waals surface area contributed by atoms with E-state index >= 15 is 0 Å². The molecule has 0 aromatic carbocycles. The molecule has 1 rings (SSSR count). The molecule has 0 N–H and O–H groups in total. The number of rotatable bonds is 0. The van der Waals surface area contributed by atoms with Crippen molar-refractivity contribution in [2.45, 2.75) is 33.3 Å². The van der Waals surface area contributed by atoms with Crippen molar-refractivity contribution in [2.24, 2.45) is 0 Å². The van der Waals surface area contributed by atoms with Gasteiger partial charge < -0.3 is 4.74 Å². The standard InChI is InChI=1S/C6H12O2.C5H5N/c1-5(7)8-6(2,3)4;1-2-4-6-5-3-1/h1-4H3;1-5H. The van der Waals surface area contributed by atoms with Gasteiger partial charge in [-0.05, 0) is 32.9 Å². The van der Waals surface area contributed by atoms with E-state index in [4.69, 9.17) is 4.74 Å². The van der Waals surface area contributed by atoms with Crippen molar-refractivity contribution in [1.29, 1.82) is 0 Å². The minimum Gasteiger partial charge on any atom is -0.460 e. The minimum absolute atomic E-state index is 0.225. The van der Waals surface area contributed by atoms with E-state index in [0.717, 1.165) is 0 Å². The highest BCUT2D eigenvalue weighted by molar-refractivity contribution is 5.66. The average molecular weight is 195 g/mol. The molecule has 1 aromatic heterocycles. The Morgan fingerprint density at radius 2 is 1.64 bits per heavy atom. The van der Waals surface area contributed by atoms with E-state index in [0.29, 0.717) is 0 Å². The van der Waals surface area contributed by atoms with Crippen molar-refractivity contribution in [3.8, 4) is 0 Å². The molecule has 0 spiro atoms. The van der Waals surface area contributed by atoms with Crippen LogP contribution in [0.15, 0.2) is 30.6 Å². The second-order valence-electron chi connectivity index (χ2n) is 3.73. The van der Waals surface area contributed by atoms with Gasteiger partial charge in [0.1, 0.15) is 5.60 Å². The Hall–Kier alpha value is -1.38. The molecule has 0 radical (unpaired) electrons. The third kappa shape index (κ3) is 10.6. The zero-order chi connectivity index (χ0) is 11.0. The lowest BCUT2D eigenvalue weighted by molar-refractivity contribution is -0.151. The predicted molar refractivity (Wildman–Crippen MR) is 55.8 cm³/mol. The van der Waals surface area contributed by atoms with Gasteiger partial charge in [0.25, 0.3) is 0 Å². The number of carbonyl (C=O) groups excluding carboxylic acids is 1. The Morgan fingerprint density at radius 3 is 1.71 bits per heavy atom. The highest BCUT2D eigenvalue weighted by Crippen LogP contribution is 2.05. The molecule has 0 bridgehead atoms. The molecule has 3 heteroatoms. The van der Waals surface area contributed by atoms with Gasteiger partial charge in [0.15, 0.2) is 0 Å². The van der Waals surface area contributed by atoms with Crippen molar-refractivity contribution in [3.05, 3.63) is 30.6 Å². The summed E-state index contributed by atoms with van der Waals surface area (Å²) in [4.78, 5) is 14.0. The monoisotopic (exact) mass is 195 g/mol. The second-order valence-corrected chi connectivity index (χ2v) is 3.73. The highest BCUT2D eigenvalue weighted by atomic mass is 16.6. The summed E-state index contributed by atoms with van der Waals surface area (Å²) in [7, 11) is 0. The number of hydrogen-bond donors (Lipinski definition) is 0. The molecular formula is C11H17NO2. The van der Waals surface area contributed by atoms with E-state index in [2.05, 4.69) is 4.98 Å². The molecule has 0 unspecified atom stereocenters. The van der Waals surface area contributed by atoms with Crippen LogP contribution in [0.5, 0.6) is 0 Å². The van der Waals surface area contributed by atoms with Gasteiger partial charge in [-0.1, -0.05) is 6.07 Å². The summed E-state index contributed by atoms with van der Waals surface area (Å²) in [5, 5.41) is 0. The lowest BCUT2D eigenvalue weighted by atomic mass is 10.2. The van der Waals surface area contributed by atoms with Crippen molar-refractivity contribution in [1.82, 2.24) is 4.98 Å². The maximum absolute atomic E-state index is 10.2. The van der Waals surface area contributed by atoms with Crippen molar-refractivity contribution < 1.29 is 9.53 Å². The predicted octanol–water partition coefficient (Wildman–Crippen LogP) is 2.43. The zero-order valence-electron chi connectivity index (χ0n) is 9.15. The van der Waals surface area contributed by atoms with Gasteiger partial charge in [0.05, 0.1) is 0 Å². The molecule has 78 valence electrons. The van der Waals surface area contributed by atoms with Crippen LogP contribution in [0.2, 0.25) is 0 Å². The molecule has 0 saturated heterocycles. The largest absolute Gasteiger partial charge is 0.460 e. The van der Waals surface area contributed by atoms with Crippen LogP contribution in [0.3, 0.4) is 0 Å². The molecule has 0 aliphatic heterocycles. The minimum atomic E-state index is -0.328. The molecule has 0 atom stereocenters. The van der Waals surface area contributed by atoms with Crippen LogP contribution in [-0.2, 0) is 9.53 Å². The first-order valence-electron chi connectivity index (χ1n) is 4.46. The number of carbonyl (C=O) groups is 1. The van der Waals surface area contributed by atoms with Gasteiger partial charge in [-0.25, -0.2) is 0 Å². The molecule has 14 heavy (non-hydrogen) atoms. The second kappa shape index (κ2) is 6.13. The third-order valence-corrected chi connectivity index (χ3v) is 1.02. The van der Waals surface area contributed by atoms with Gasteiger partial charge >= 0.3 is 5.97 Å². The number of pyridine rings is 1. The quantitative estimate of drug-likeness (QED) is 0.597. The molecule has 0 aliphatic carbocycles. The lowest BCUT2D eigenvalue weighted by Crippen LogP contribution is -2.21. The van der Waals surface area contributed by atoms with E-state index < -0.39 is 0 Å². The Balaban J connectivity index is 0.000000249. The third-order valence-electron chi connectivity index (χ3n) is 1.02. The van der Waals surface area contributed by atoms with E-state index in [1.807, 2.05) is 39.0 Å². The smallest absolute Gasteiger partial charge is 0.303 e. The van der Waals surface area contributed by atoms with Gasteiger partial charge in [0.2, 0.25) is 0 Å². The lowest BCUT2D eigenvalue weighted by Gasteiger charge is -2.17. The first-order valence-corrected chi connectivity index (χ1v) is 4.46. The van der Waals surface area contributed by atoms with Crippen molar-refractivity contribution in [2.75, 3.05) is 0 Å². The average Bonchev–Trinajstić information content (AvgIpc) is 2.03. The van der Waals surface area contributed by atoms with Crippen LogP contribution in [0.25, 0.3) is 0 Å². The molecule has 3 nitrogen and oxygen atoms in total. The molecule has 0 fully saturated rings. The van der Waals surface area contributed by atoms with Gasteiger partial charge in [-0.15, -0.1) is 0 Å². The first-order chi connectivity index (χ1) is 6.42. The van der Waals surface area contributed by atoms with Crippen LogP contribution >= 0.6 is 0 Å². The van der Waals surface area contributed by atoms with E-state index in [1.165, 1.54) is 6.92 Å². The molecule has 1 heterocycles. The molecular weight excluding hydrogens is 178 g/mol. The summed E-state index contributed by atoms with van der Waals surface area (Å²) >= 11 is 0. The van der Waals surface area contributed by atoms with Crippen molar-refractivity contribution >= 4 is 5.97 Å². The van der Waals surface area contributed by atoms with Crippen LogP contribution in [-0.4, -0.2) is 16.6 Å². The Labute approximate surface area is 85.1 Å². The van der Waals surface area contributed by atoms with E-state index in [1.54, 1.807) is 12.4 Å². The fourth-order valence-corrected chi connectivity index (χ4v) is 0.744. The number of ether oxygens (including phenoxy) is 1. The summed E-state index contributed by atoms with van der Waals surface area (Å²) in [5.74, 6) is -0.225.